The van der Waals surface area contributed by atoms with Gasteiger partial charge >= 0.3 is 0 Å². The summed E-state index contributed by atoms with van der Waals surface area (Å²) in [7, 11) is 0. The minimum Gasteiger partial charge on any atom is -0.356 e. The fourth-order valence-corrected chi connectivity index (χ4v) is 1.92. The van der Waals surface area contributed by atoms with E-state index in [4.69, 9.17) is 11.6 Å². The Hall–Kier alpha value is -1.59. The highest BCUT2D eigenvalue weighted by Crippen LogP contribution is 2.11. The zero-order valence-corrected chi connectivity index (χ0v) is 12.4. The Morgan fingerprint density at radius 3 is 2.63 bits per heavy atom. The molecular weight excluding hydrogens is 330 g/mol. The minimum atomic E-state index is -0.293. The lowest BCUT2D eigenvalue weighted by atomic mass is 10.1. The predicted molar refractivity (Wildman–Crippen MR) is 79.6 cm³/mol. The Labute approximate surface area is 124 Å². The highest BCUT2D eigenvalue weighted by atomic mass is 79.9. The van der Waals surface area contributed by atoms with Crippen molar-refractivity contribution in [3.05, 3.63) is 57.3 Å². The second-order valence-electron chi connectivity index (χ2n) is 3.88. The summed E-state index contributed by atoms with van der Waals surface area (Å²) in [6.45, 7) is 1.81. The molecule has 6 heteroatoms. The molecule has 1 amide bonds. The highest BCUT2D eigenvalue weighted by molar-refractivity contribution is 9.10. The number of benzene rings is 1. The first-order valence-corrected chi connectivity index (χ1v) is 6.68. The quantitative estimate of drug-likeness (QED) is 0.651. The van der Waals surface area contributed by atoms with Crippen molar-refractivity contribution in [2.24, 2.45) is 5.10 Å². The van der Waals surface area contributed by atoms with Crippen molar-refractivity contribution in [1.29, 1.82) is 0 Å². The maximum absolute atomic E-state index is 11.8. The third-order valence-electron chi connectivity index (χ3n) is 2.48. The molecule has 4 nitrogen and oxygen atoms in total. The SMILES string of the molecule is C/C(=N/NC(=O)c1cc(Br)c[nH]1)c1ccc(Cl)cc1. The van der Waals surface area contributed by atoms with Gasteiger partial charge in [-0.1, -0.05) is 23.7 Å². The number of hydrazone groups is 1. The molecule has 0 aliphatic carbocycles. The van der Waals surface area contributed by atoms with E-state index >= 15 is 0 Å². The maximum Gasteiger partial charge on any atom is 0.287 e. The van der Waals surface area contributed by atoms with Crippen LogP contribution in [-0.4, -0.2) is 16.6 Å². The molecule has 0 bridgehead atoms. The fraction of sp³-hybridized carbons (Fsp3) is 0.0769. The average molecular weight is 341 g/mol. The summed E-state index contributed by atoms with van der Waals surface area (Å²) in [6, 6.07) is 8.93. The Morgan fingerprint density at radius 1 is 1.37 bits per heavy atom. The summed E-state index contributed by atoms with van der Waals surface area (Å²) in [5, 5.41) is 4.71. The van der Waals surface area contributed by atoms with Crippen molar-refractivity contribution in [1.82, 2.24) is 10.4 Å². The number of H-pyrrole nitrogens is 1. The van der Waals surface area contributed by atoms with Crippen molar-refractivity contribution in [3.8, 4) is 0 Å². The number of nitrogens with zero attached hydrogens (tertiary/aromatic N) is 1. The summed E-state index contributed by atoms with van der Waals surface area (Å²) >= 11 is 9.07. The largest absolute Gasteiger partial charge is 0.356 e. The molecule has 0 atom stereocenters. The van der Waals surface area contributed by atoms with Crippen LogP contribution in [-0.2, 0) is 0 Å². The van der Waals surface area contributed by atoms with E-state index in [1.807, 2.05) is 19.1 Å². The fourth-order valence-electron chi connectivity index (χ4n) is 1.45. The normalized spacial score (nSPS) is 11.4. The summed E-state index contributed by atoms with van der Waals surface area (Å²) in [6.07, 6.45) is 1.69. The topological polar surface area (TPSA) is 57.2 Å². The van der Waals surface area contributed by atoms with Crippen LogP contribution < -0.4 is 5.43 Å². The van der Waals surface area contributed by atoms with E-state index in [2.05, 4.69) is 31.4 Å². The van der Waals surface area contributed by atoms with Crippen LogP contribution in [0.25, 0.3) is 0 Å². The first-order valence-electron chi connectivity index (χ1n) is 5.51. The molecule has 0 saturated carbocycles. The smallest absolute Gasteiger partial charge is 0.287 e. The summed E-state index contributed by atoms with van der Waals surface area (Å²) in [5.41, 5.74) is 4.54. The van der Waals surface area contributed by atoms with Crippen LogP contribution in [0.15, 0.2) is 46.1 Å². The van der Waals surface area contributed by atoms with Crippen molar-refractivity contribution in [3.63, 3.8) is 0 Å². The Balaban J connectivity index is 2.06. The molecule has 0 aliphatic rings. The highest BCUT2D eigenvalue weighted by Gasteiger charge is 2.06. The zero-order valence-electron chi connectivity index (χ0n) is 10.1. The van der Waals surface area contributed by atoms with Crippen molar-refractivity contribution in [2.45, 2.75) is 6.92 Å². The molecule has 1 heterocycles. The molecule has 2 rings (SSSR count). The van der Waals surface area contributed by atoms with Gasteiger partial charge in [-0.15, -0.1) is 0 Å². The van der Waals surface area contributed by atoms with E-state index in [-0.39, 0.29) is 5.91 Å². The van der Waals surface area contributed by atoms with E-state index in [9.17, 15) is 4.79 Å². The third-order valence-corrected chi connectivity index (χ3v) is 3.19. The molecule has 0 radical (unpaired) electrons. The van der Waals surface area contributed by atoms with Gasteiger partial charge in [0.1, 0.15) is 5.69 Å². The number of hydrogen-bond donors (Lipinski definition) is 2. The molecule has 0 saturated heterocycles. The standard InChI is InChI=1S/C13H11BrClN3O/c1-8(9-2-4-11(15)5-3-9)17-18-13(19)12-6-10(14)7-16-12/h2-7,16H,1H3,(H,18,19)/b17-8-. The van der Waals surface area contributed by atoms with Crippen LogP contribution in [0.2, 0.25) is 5.02 Å². The molecule has 2 N–H and O–H groups in total. The minimum absolute atomic E-state index is 0.293. The van der Waals surface area contributed by atoms with E-state index in [0.717, 1.165) is 10.0 Å². The molecule has 1 aromatic carbocycles. The van der Waals surface area contributed by atoms with Crippen LogP contribution in [0.4, 0.5) is 0 Å². The van der Waals surface area contributed by atoms with E-state index < -0.39 is 0 Å². The van der Waals surface area contributed by atoms with Gasteiger partial charge < -0.3 is 4.98 Å². The molecule has 0 spiro atoms. The van der Waals surface area contributed by atoms with Crippen LogP contribution in [0.5, 0.6) is 0 Å². The Morgan fingerprint density at radius 2 is 2.05 bits per heavy atom. The lowest BCUT2D eigenvalue weighted by Gasteiger charge is -2.02. The number of aromatic amines is 1. The number of nitrogens with one attached hydrogen (secondary N) is 2. The number of amides is 1. The first-order chi connectivity index (χ1) is 9.06. The zero-order chi connectivity index (χ0) is 13.8. The molecule has 1 aromatic heterocycles. The van der Waals surface area contributed by atoms with Gasteiger partial charge in [0.15, 0.2) is 0 Å². The van der Waals surface area contributed by atoms with Gasteiger partial charge in [-0.3, -0.25) is 4.79 Å². The molecule has 0 fully saturated rings. The van der Waals surface area contributed by atoms with Crippen LogP contribution in [0, 0.1) is 0 Å². The van der Waals surface area contributed by atoms with E-state index in [1.165, 1.54) is 0 Å². The first kappa shape index (κ1) is 13.8. The molecule has 98 valence electrons. The number of aromatic nitrogens is 1. The number of hydrogen-bond acceptors (Lipinski definition) is 2. The molecule has 0 unspecified atom stereocenters. The number of carbonyl (C=O) groups is 1. The second kappa shape index (κ2) is 6.04. The van der Waals surface area contributed by atoms with Crippen molar-refractivity contribution < 1.29 is 4.79 Å². The summed E-state index contributed by atoms with van der Waals surface area (Å²) in [5.74, 6) is -0.293. The Kier molecular flexibility index (Phi) is 4.39. The van der Waals surface area contributed by atoms with Gasteiger partial charge in [0.05, 0.1) is 5.71 Å². The monoisotopic (exact) mass is 339 g/mol. The maximum atomic E-state index is 11.8. The van der Waals surface area contributed by atoms with Gasteiger partial charge in [0, 0.05) is 15.7 Å². The van der Waals surface area contributed by atoms with Gasteiger partial charge in [0.25, 0.3) is 5.91 Å². The molecule has 2 aromatic rings. The van der Waals surface area contributed by atoms with Gasteiger partial charge in [0.2, 0.25) is 0 Å². The molecule has 19 heavy (non-hydrogen) atoms. The summed E-state index contributed by atoms with van der Waals surface area (Å²) in [4.78, 5) is 14.6. The predicted octanol–water partition coefficient (Wildman–Crippen LogP) is 3.58. The number of carbonyl (C=O) groups excluding carboxylic acids is 1. The van der Waals surface area contributed by atoms with Crippen LogP contribution in [0.3, 0.4) is 0 Å². The average Bonchev–Trinajstić information content (AvgIpc) is 2.83. The third kappa shape index (κ3) is 3.68. The molecule has 0 aliphatic heterocycles. The van der Waals surface area contributed by atoms with E-state index in [0.29, 0.717) is 16.4 Å². The molecular formula is C13H11BrClN3O. The number of halogens is 2. The summed E-state index contributed by atoms with van der Waals surface area (Å²) < 4.78 is 0.816. The van der Waals surface area contributed by atoms with Crippen LogP contribution in [0.1, 0.15) is 23.0 Å². The lowest BCUT2D eigenvalue weighted by Crippen LogP contribution is -2.19. The van der Waals surface area contributed by atoms with Gasteiger partial charge in [-0.25, -0.2) is 5.43 Å². The lowest BCUT2D eigenvalue weighted by molar-refractivity contribution is 0.0950. The van der Waals surface area contributed by atoms with Gasteiger partial charge in [-0.05, 0) is 46.6 Å². The number of rotatable bonds is 3. The van der Waals surface area contributed by atoms with E-state index in [1.54, 1.807) is 24.4 Å². The van der Waals surface area contributed by atoms with Crippen LogP contribution >= 0.6 is 27.5 Å². The van der Waals surface area contributed by atoms with Crippen molar-refractivity contribution >= 4 is 39.1 Å². The second-order valence-corrected chi connectivity index (χ2v) is 5.23. The van der Waals surface area contributed by atoms with Gasteiger partial charge in [-0.2, -0.15) is 5.10 Å². The van der Waals surface area contributed by atoms with Crippen molar-refractivity contribution in [2.75, 3.05) is 0 Å². The Bertz CT molecular complexity index is 619.